The summed E-state index contributed by atoms with van der Waals surface area (Å²) in [6, 6.07) is 5.40. The summed E-state index contributed by atoms with van der Waals surface area (Å²) in [5, 5.41) is 10.2. The van der Waals surface area contributed by atoms with Crippen molar-refractivity contribution in [2.45, 2.75) is 25.7 Å². The van der Waals surface area contributed by atoms with Gasteiger partial charge in [-0.3, -0.25) is 0 Å². The van der Waals surface area contributed by atoms with Crippen molar-refractivity contribution < 1.29 is 14.6 Å². The Morgan fingerprint density at radius 1 is 1.11 bits per heavy atom. The molecule has 0 fully saturated rings. The zero-order chi connectivity index (χ0) is 13.8. The van der Waals surface area contributed by atoms with Crippen LogP contribution in [-0.4, -0.2) is 27.4 Å². The smallest absolute Gasteiger partial charge is 0.146 e. The van der Waals surface area contributed by atoms with Gasteiger partial charge in [-0.25, -0.2) is 0 Å². The maximum absolute atomic E-state index is 10.2. The Labute approximate surface area is 110 Å². The average Bonchev–Trinajstić information content (AvgIpc) is 2.33. The van der Waals surface area contributed by atoms with Gasteiger partial charge in [0.05, 0.1) is 19.8 Å². The number of aliphatic hydroxyl groups excluding tert-OH is 1. The zero-order valence-electron chi connectivity index (χ0n) is 11.6. The van der Waals surface area contributed by atoms with E-state index in [0.29, 0.717) is 17.1 Å². The summed E-state index contributed by atoms with van der Waals surface area (Å²) in [6.07, 6.45) is -0.886. The van der Waals surface area contributed by atoms with Gasteiger partial charge in [-0.15, -0.1) is 5.54 Å². The molecule has 4 heteroatoms. The number of hydrogen-bond acceptors (Lipinski definition) is 3. The molecular formula is C14H20O3Si. The Morgan fingerprint density at radius 2 is 1.61 bits per heavy atom. The third kappa shape index (κ3) is 3.79. The topological polar surface area (TPSA) is 38.7 Å². The number of aliphatic hydroxyl groups is 1. The van der Waals surface area contributed by atoms with E-state index in [1.54, 1.807) is 26.4 Å². The summed E-state index contributed by atoms with van der Waals surface area (Å²) in [5.74, 6) is 4.07. The van der Waals surface area contributed by atoms with Crippen molar-refractivity contribution in [2.24, 2.45) is 0 Å². The molecule has 0 saturated heterocycles. The number of benzene rings is 1. The summed E-state index contributed by atoms with van der Waals surface area (Å²) >= 11 is 0. The fraction of sp³-hybridized carbons (Fsp3) is 0.429. The molecule has 0 aromatic heterocycles. The average molecular weight is 264 g/mol. The van der Waals surface area contributed by atoms with Gasteiger partial charge in [0, 0.05) is 0 Å². The molecule has 1 N–H and O–H groups in total. The second-order valence-electron chi connectivity index (χ2n) is 5.00. The van der Waals surface area contributed by atoms with Gasteiger partial charge in [-0.05, 0) is 12.1 Å². The molecule has 0 aliphatic heterocycles. The molecule has 1 aromatic rings. The van der Waals surface area contributed by atoms with Crippen molar-refractivity contribution in [1.29, 1.82) is 0 Å². The quantitative estimate of drug-likeness (QED) is 0.674. The molecule has 0 aliphatic rings. The van der Waals surface area contributed by atoms with Crippen molar-refractivity contribution in [1.82, 2.24) is 0 Å². The van der Waals surface area contributed by atoms with Crippen LogP contribution in [0, 0.1) is 11.5 Å². The normalized spacial score (nSPS) is 12.3. The van der Waals surface area contributed by atoms with Gasteiger partial charge in [-0.1, -0.05) is 31.6 Å². The van der Waals surface area contributed by atoms with Crippen molar-refractivity contribution >= 4 is 8.07 Å². The maximum Gasteiger partial charge on any atom is 0.146 e. The molecular weight excluding hydrogens is 244 g/mol. The third-order valence-corrected chi connectivity index (χ3v) is 3.22. The molecule has 0 aliphatic carbocycles. The van der Waals surface area contributed by atoms with E-state index in [1.807, 2.05) is 6.07 Å². The van der Waals surface area contributed by atoms with E-state index in [-0.39, 0.29) is 0 Å². The zero-order valence-corrected chi connectivity index (χ0v) is 12.6. The monoisotopic (exact) mass is 264 g/mol. The highest BCUT2D eigenvalue weighted by Crippen LogP contribution is 2.33. The van der Waals surface area contributed by atoms with Crippen molar-refractivity contribution in [3.63, 3.8) is 0 Å². The second kappa shape index (κ2) is 5.94. The fourth-order valence-corrected chi connectivity index (χ4v) is 2.08. The van der Waals surface area contributed by atoms with Crippen LogP contribution in [0.3, 0.4) is 0 Å². The highest BCUT2D eigenvalue weighted by Gasteiger charge is 2.17. The number of rotatable bonds is 3. The van der Waals surface area contributed by atoms with Gasteiger partial charge in [0.1, 0.15) is 25.7 Å². The van der Waals surface area contributed by atoms with Crippen LogP contribution in [-0.2, 0) is 0 Å². The van der Waals surface area contributed by atoms with Crippen LogP contribution in [0.25, 0.3) is 0 Å². The second-order valence-corrected chi connectivity index (χ2v) is 9.75. The molecule has 0 heterocycles. The van der Waals surface area contributed by atoms with Crippen LogP contribution in [0.5, 0.6) is 11.5 Å². The van der Waals surface area contributed by atoms with Gasteiger partial charge < -0.3 is 14.6 Å². The lowest BCUT2D eigenvalue weighted by Gasteiger charge is -2.15. The van der Waals surface area contributed by atoms with Crippen molar-refractivity contribution in [3.8, 4) is 23.0 Å². The molecule has 0 spiro atoms. The number of hydrogen-bond donors (Lipinski definition) is 1. The Morgan fingerprint density at radius 3 is 2.00 bits per heavy atom. The summed E-state index contributed by atoms with van der Waals surface area (Å²) in [5.41, 5.74) is 3.74. The van der Waals surface area contributed by atoms with Crippen LogP contribution in [0.2, 0.25) is 19.6 Å². The van der Waals surface area contributed by atoms with Crippen LogP contribution < -0.4 is 9.47 Å². The standard InChI is InChI=1S/C14H20O3Si/c1-16-12-7-6-8-13(17-2)14(12)11(15)9-10-18(3,4)5/h6-8,11,15H,1-5H3/t11-/m0/s1. The largest absolute Gasteiger partial charge is 0.496 e. The fourth-order valence-electron chi connectivity index (χ4n) is 1.51. The van der Waals surface area contributed by atoms with Gasteiger partial charge in [0.25, 0.3) is 0 Å². The molecule has 0 radical (unpaired) electrons. The summed E-state index contributed by atoms with van der Waals surface area (Å²) in [6.45, 7) is 6.39. The summed E-state index contributed by atoms with van der Waals surface area (Å²) in [4.78, 5) is 0. The molecule has 3 nitrogen and oxygen atoms in total. The highest BCUT2D eigenvalue weighted by atomic mass is 28.3. The Balaban J connectivity index is 3.17. The van der Waals surface area contributed by atoms with E-state index < -0.39 is 14.2 Å². The lowest BCUT2D eigenvalue weighted by Crippen LogP contribution is -2.17. The predicted octanol–water partition coefficient (Wildman–Crippen LogP) is 2.62. The predicted molar refractivity (Wildman–Crippen MR) is 75.6 cm³/mol. The minimum absolute atomic E-state index is 0.590. The molecule has 1 rings (SSSR count). The van der Waals surface area contributed by atoms with Crippen LogP contribution in [0.4, 0.5) is 0 Å². The molecule has 98 valence electrons. The molecule has 1 atom stereocenters. The SMILES string of the molecule is COc1cccc(OC)c1[C@@H](O)C#C[Si](C)(C)C. The van der Waals surface area contributed by atoms with E-state index in [1.165, 1.54) is 0 Å². The van der Waals surface area contributed by atoms with Gasteiger partial charge in [-0.2, -0.15) is 0 Å². The highest BCUT2D eigenvalue weighted by molar-refractivity contribution is 6.83. The molecule has 0 saturated carbocycles. The lowest BCUT2D eigenvalue weighted by atomic mass is 10.1. The van der Waals surface area contributed by atoms with Gasteiger partial charge >= 0.3 is 0 Å². The van der Waals surface area contributed by atoms with E-state index >= 15 is 0 Å². The summed E-state index contributed by atoms with van der Waals surface area (Å²) in [7, 11) is 1.62. The first-order chi connectivity index (χ1) is 8.39. The first kappa shape index (κ1) is 14.6. The Hall–Kier alpha value is -1.44. The number of ether oxygens (including phenoxy) is 2. The third-order valence-electron chi connectivity index (χ3n) is 2.32. The van der Waals surface area contributed by atoms with E-state index in [9.17, 15) is 5.11 Å². The molecule has 1 aromatic carbocycles. The maximum atomic E-state index is 10.2. The van der Waals surface area contributed by atoms with Crippen molar-refractivity contribution in [3.05, 3.63) is 23.8 Å². The lowest BCUT2D eigenvalue weighted by molar-refractivity contribution is 0.225. The minimum Gasteiger partial charge on any atom is -0.496 e. The van der Waals surface area contributed by atoms with Crippen LogP contribution in [0.15, 0.2) is 18.2 Å². The number of methoxy groups -OCH3 is 2. The molecule has 0 amide bonds. The van der Waals surface area contributed by atoms with Gasteiger partial charge in [0.2, 0.25) is 0 Å². The van der Waals surface area contributed by atoms with E-state index in [0.717, 1.165) is 0 Å². The first-order valence-corrected chi connectivity index (χ1v) is 9.30. The first-order valence-electron chi connectivity index (χ1n) is 5.80. The van der Waals surface area contributed by atoms with E-state index in [2.05, 4.69) is 31.1 Å². The minimum atomic E-state index is -1.51. The van der Waals surface area contributed by atoms with Crippen LogP contribution in [0.1, 0.15) is 11.7 Å². The van der Waals surface area contributed by atoms with Gasteiger partial charge in [0.15, 0.2) is 0 Å². The van der Waals surface area contributed by atoms with E-state index in [4.69, 9.17) is 9.47 Å². The molecule has 0 unspecified atom stereocenters. The molecule has 0 bridgehead atoms. The Bertz CT molecular complexity index is 444. The Kier molecular flexibility index (Phi) is 4.82. The van der Waals surface area contributed by atoms with Crippen LogP contribution >= 0.6 is 0 Å². The summed E-state index contributed by atoms with van der Waals surface area (Å²) < 4.78 is 10.5. The van der Waals surface area contributed by atoms with Crippen molar-refractivity contribution in [2.75, 3.05) is 14.2 Å². The molecule has 18 heavy (non-hydrogen) atoms.